The zero-order chi connectivity index (χ0) is 10.9. The van der Waals surface area contributed by atoms with Crippen LogP contribution in [-0.2, 0) is 28.5 Å². The van der Waals surface area contributed by atoms with E-state index in [1.807, 2.05) is 0 Å². The Balaban J connectivity index is 0.00000196. The molecule has 0 saturated carbocycles. The van der Waals surface area contributed by atoms with Crippen LogP contribution in [0.1, 0.15) is 17.3 Å². The molecule has 3 nitrogen and oxygen atoms in total. The molecule has 0 N–H and O–H groups in total. The molecular formula is C8H7ClO3S2Zn+2. The van der Waals surface area contributed by atoms with E-state index < -0.39 is 9.05 Å². The quantitative estimate of drug-likeness (QED) is 0.393. The maximum absolute atomic E-state index is 11.0. The minimum atomic E-state index is -3.85. The molecule has 7 heteroatoms. The van der Waals surface area contributed by atoms with E-state index in [2.05, 4.69) is 12.6 Å². The van der Waals surface area contributed by atoms with Gasteiger partial charge in [0.15, 0.2) is 5.78 Å². The van der Waals surface area contributed by atoms with E-state index in [-0.39, 0.29) is 35.1 Å². The predicted molar refractivity (Wildman–Crippen MR) is 56.7 cm³/mol. The molecule has 0 bridgehead atoms. The van der Waals surface area contributed by atoms with Crippen LogP contribution in [0, 0.1) is 0 Å². The Morgan fingerprint density at radius 2 is 1.93 bits per heavy atom. The van der Waals surface area contributed by atoms with Crippen molar-refractivity contribution in [1.29, 1.82) is 0 Å². The summed E-state index contributed by atoms with van der Waals surface area (Å²) in [5, 5.41) is 0. The Bertz CT molecular complexity index is 485. The van der Waals surface area contributed by atoms with Crippen molar-refractivity contribution in [3.05, 3.63) is 23.8 Å². The molecule has 0 fully saturated rings. The first-order valence-corrected chi connectivity index (χ1v) is 6.36. The average Bonchev–Trinajstić information content (AvgIpc) is 2.02. The number of halogens is 1. The van der Waals surface area contributed by atoms with Crippen molar-refractivity contribution in [2.24, 2.45) is 0 Å². The third-order valence-corrected chi connectivity index (χ3v) is 3.53. The number of carbonyl (C=O) groups is 1. The Kier molecular flexibility index (Phi) is 5.47. The second kappa shape index (κ2) is 5.44. The van der Waals surface area contributed by atoms with E-state index >= 15 is 0 Å². The smallest absolute Gasteiger partial charge is 0.295 e. The van der Waals surface area contributed by atoms with E-state index in [9.17, 15) is 13.2 Å². The summed E-state index contributed by atoms with van der Waals surface area (Å²) in [5.74, 6) is -0.222. The zero-order valence-electron chi connectivity index (χ0n) is 7.90. The molecule has 15 heavy (non-hydrogen) atoms. The van der Waals surface area contributed by atoms with Gasteiger partial charge < -0.3 is 0 Å². The molecule has 1 aromatic carbocycles. The second-order valence-corrected chi connectivity index (χ2v) is 5.69. The third kappa shape index (κ3) is 3.87. The van der Waals surface area contributed by atoms with Gasteiger partial charge in [0.25, 0.3) is 9.05 Å². The Hall–Kier alpha value is 0.103. The summed E-state index contributed by atoms with van der Waals surface area (Å²) in [6.45, 7) is 1.35. The molecule has 1 aromatic rings. The van der Waals surface area contributed by atoms with Gasteiger partial charge in [0.2, 0.25) is 0 Å². The van der Waals surface area contributed by atoms with Gasteiger partial charge in [0, 0.05) is 21.1 Å². The number of hydrogen-bond donors (Lipinski definition) is 1. The molecule has 0 unspecified atom stereocenters. The standard InChI is InChI=1S/C8H7ClO3S2.Zn/c1-5(10)6-2-3-7(13)8(4-6)14(9,11)12;/h2-4,13H,1H3;/q;+2. The molecule has 0 heterocycles. The van der Waals surface area contributed by atoms with E-state index in [1.165, 1.54) is 25.1 Å². The predicted octanol–water partition coefficient (Wildman–Crippen LogP) is 2.10. The maximum atomic E-state index is 11.0. The minimum absolute atomic E-state index is 0. The minimum Gasteiger partial charge on any atom is -0.295 e. The number of rotatable bonds is 2. The van der Waals surface area contributed by atoms with Crippen LogP contribution in [0.4, 0.5) is 0 Å². The number of hydrogen-bond acceptors (Lipinski definition) is 4. The van der Waals surface area contributed by atoms with E-state index in [0.717, 1.165) is 0 Å². The first-order valence-electron chi connectivity index (χ1n) is 3.61. The van der Waals surface area contributed by atoms with Gasteiger partial charge in [-0.2, -0.15) is 0 Å². The van der Waals surface area contributed by atoms with Crippen LogP contribution in [0.5, 0.6) is 0 Å². The molecule has 0 radical (unpaired) electrons. The molecular weight excluding hydrogens is 309 g/mol. The molecule has 1 rings (SSSR count). The summed E-state index contributed by atoms with van der Waals surface area (Å²) < 4.78 is 22.1. The van der Waals surface area contributed by atoms with Crippen LogP contribution in [-0.4, -0.2) is 14.2 Å². The number of Topliss-reactive ketones (excluding diaryl/α,β-unsaturated/α-hetero) is 1. The van der Waals surface area contributed by atoms with Crippen LogP contribution in [0.3, 0.4) is 0 Å². The Morgan fingerprint density at radius 1 is 1.40 bits per heavy atom. The number of ketones is 1. The summed E-state index contributed by atoms with van der Waals surface area (Å²) >= 11 is 3.93. The number of carbonyl (C=O) groups excluding carboxylic acids is 1. The zero-order valence-corrected chi connectivity index (χ0v) is 13.3. The third-order valence-electron chi connectivity index (χ3n) is 1.63. The molecule has 0 spiro atoms. The summed E-state index contributed by atoms with van der Waals surface area (Å²) in [5.41, 5.74) is 0.294. The van der Waals surface area contributed by atoms with Crippen molar-refractivity contribution in [1.82, 2.24) is 0 Å². The van der Waals surface area contributed by atoms with Gasteiger partial charge in [0.1, 0.15) is 0 Å². The van der Waals surface area contributed by atoms with Gasteiger partial charge in [-0.05, 0) is 19.1 Å². The Morgan fingerprint density at radius 3 is 2.33 bits per heavy atom. The Labute approximate surface area is 111 Å². The van der Waals surface area contributed by atoms with Crippen molar-refractivity contribution in [2.45, 2.75) is 16.7 Å². The van der Waals surface area contributed by atoms with Crippen molar-refractivity contribution < 1.29 is 32.7 Å². The first kappa shape index (κ1) is 15.1. The van der Waals surface area contributed by atoms with E-state index in [4.69, 9.17) is 10.7 Å². The fraction of sp³-hybridized carbons (Fsp3) is 0.125. The SMILES string of the molecule is CC(=O)c1ccc(S)c(S(=O)(=O)Cl)c1.[Zn+2]. The van der Waals surface area contributed by atoms with Crippen LogP contribution >= 0.6 is 23.3 Å². The molecule has 0 aliphatic carbocycles. The molecule has 0 saturated heterocycles. The van der Waals surface area contributed by atoms with Gasteiger partial charge in [-0.25, -0.2) is 8.42 Å². The fourth-order valence-corrected chi connectivity index (χ4v) is 2.56. The van der Waals surface area contributed by atoms with Crippen LogP contribution < -0.4 is 0 Å². The number of benzene rings is 1. The summed E-state index contributed by atoms with van der Waals surface area (Å²) in [6.07, 6.45) is 0. The van der Waals surface area contributed by atoms with E-state index in [0.29, 0.717) is 5.56 Å². The van der Waals surface area contributed by atoms with E-state index in [1.54, 1.807) is 0 Å². The van der Waals surface area contributed by atoms with Crippen molar-refractivity contribution in [2.75, 3.05) is 0 Å². The van der Waals surface area contributed by atoms with Gasteiger partial charge in [-0.1, -0.05) is 6.07 Å². The van der Waals surface area contributed by atoms with Gasteiger partial charge in [0.05, 0.1) is 4.90 Å². The molecule has 0 amide bonds. The van der Waals surface area contributed by atoms with Crippen molar-refractivity contribution >= 4 is 38.1 Å². The van der Waals surface area contributed by atoms with Crippen molar-refractivity contribution in [3.8, 4) is 0 Å². The van der Waals surface area contributed by atoms with Crippen LogP contribution in [0.15, 0.2) is 28.0 Å². The van der Waals surface area contributed by atoms with Crippen LogP contribution in [0.2, 0.25) is 0 Å². The fourth-order valence-electron chi connectivity index (χ4n) is 0.928. The largest absolute Gasteiger partial charge is 2.00 e. The summed E-state index contributed by atoms with van der Waals surface area (Å²) in [4.78, 5) is 11.1. The molecule has 76 valence electrons. The first-order chi connectivity index (χ1) is 6.32. The van der Waals surface area contributed by atoms with Gasteiger partial charge in [-0.15, -0.1) is 12.6 Å². The molecule has 0 aromatic heterocycles. The topological polar surface area (TPSA) is 51.2 Å². The second-order valence-electron chi connectivity index (χ2n) is 2.68. The number of thiol groups is 1. The molecule has 0 aliphatic rings. The summed E-state index contributed by atoms with van der Waals surface area (Å²) in [6, 6.07) is 4.14. The maximum Gasteiger partial charge on any atom is 2.00 e. The average molecular weight is 316 g/mol. The van der Waals surface area contributed by atoms with Crippen LogP contribution in [0.25, 0.3) is 0 Å². The molecule has 0 atom stereocenters. The summed E-state index contributed by atoms with van der Waals surface area (Å²) in [7, 11) is 1.31. The van der Waals surface area contributed by atoms with Gasteiger partial charge in [-0.3, -0.25) is 4.79 Å². The van der Waals surface area contributed by atoms with Crippen molar-refractivity contribution in [3.63, 3.8) is 0 Å². The normalized spacial score (nSPS) is 10.6. The monoisotopic (exact) mass is 314 g/mol. The molecule has 0 aliphatic heterocycles. The van der Waals surface area contributed by atoms with Gasteiger partial charge >= 0.3 is 19.5 Å².